The molecule has 0 radical (unpaired) electrons. The Hall–Kier alpha value is -2.74. The molecule has 0 spiro atoms. The summed E-state index contributed by atoms with van der Waals surface area (Å²) in [5.41, 5.74) is 1.29. The highest BCUT2D eigenvalue weighted by Gasteiger charge is 2.33. The second-order valence-electron chi connectivity index (χ2n) is 8.15. The number of hydrogen-bond donors (Lipinski definition) is 1. The number of carbonyl (C=O) groups is 2. The van der Waals surface area contributed by atoms with Crippen molar-refractivity contribution >= 4 is 11.8 Å². The molecule has 0 saturated carbocycles. The summed E-state index contributed by atoms with van der Waals surface area (Å²) in [5.74, 6) is 0.641. The zero-order chi connectivity index (χ0) is 20.9. The molecule has 2 fully saturated rings. The van der Waals surface area contributed by atoms with E-state index in [0.717, 1.165) is 44.5 Å². The van der Waals surface area contributed by atoms with Crippen molar-refractivity contribution in [1.82, 2.24) is 25.1 Å². The van der Waals surface area contributed by atoms with E-state index < -0.39 is 0 Å². The third-order valence-corrected chi connectivity index (χ3v) is 6.21. The zero-order valence-corrected chi connectivity index (χ0v) is 17.4. The van der Waals surface area contributed by atoms with E-state index in [-0.39, 0.29) is 17.7 Å². The molecule has 2 aliphatic rings. The van der Waals surface area contributed by atoms with Gasteiger partial charge in [-0.2, -0.15) is 0 Å². The molecule has 2 saturated heterocycles. The average Bonchev–Trinajstić information content (AvgIpc) is 3.23. The molecule has 0 aromatic carbocycles. The minimum absolute atomic E-state index is 0.0138. The van der Waals surface area contributed by atoms with E-state index in [1.165, 1.54) is 6.39 Å². The van der Waals surface area contributed by atoms with Crippen LogP contribution in [0.3, 0.4) is 0 Å². The Morgan fingerprint density at radius 3 is 2.70 bits per heavy atom. The molecule has 8 heteroatoms. The van der Waals surface area contributed by atoms with Gasteiger partial charge in [0.1, 0.15) is 5.76 Å². The fourth-order valence-electron chi connectivity index (χ4n) is 4.47. The number of rotatable bonds is 5. The van der Waals surface area contributed by atoms with Crippen molar-refractivity contribution in [1.29, 1.82) is 0 Å². The van der Waals surface area contributed by atoms with Gasteiger partial charge in [-0.1, -0.05) is 6.07 Å². The lowest BCUT2D eigenvalue weighted by molar-refractivity contribution is -0.127. The third-order valence-electron chi connectivity index (χ3n) is 6.21. The van der Waals surface area contributed by atoms with Crippen LogP contribution >= 0.6 is 0 Å². The van der Waals surface area contributed by atoms with Crippen molar-refractivity contribution in [3.05, 3.63) is 47.9 Å². The van der Waals surface area contributed by atoms with Gasteiger partial charge in [0, 0.05) is 31.9 Å². The highest BCUT2D eigenvalue weighted by molar-refractivity contribution is 5.93. The molecule has 2 amide bonds. The van der Waals surface area contributed by atoms with Crippen LogP contribution in [0.25, 0.3) is 0 Å². The molecule has 0 bridgehead atoms. The summed E-state index contributed by atoms with van der Waals surface area (Å²) in [6.07, 6.45) is 6.86. The first-order valence-corrected chi connectivity index (χ1v) is 10.7. The molecule has 2 aromatic rings. The van der Waals surface area contributed by atoms with Crippen molar-refractivity contribution in [3.8, 4) is 0 Å². The Balaban J connectivity index is 1.26. The number of hydrogen-bond acceptors (Lipinski definition) is 6. The van der Waals surface area contributed by atoms with Crippen LogP contribution in [0.2, 0.25) is 0 Å². The van der Waals surface area contributed by atoms with Crippen molar-refractivity contribution in [2.45, 2.75) is 45.2 Å². The highest BCUT2D eigenvalue weighted by Crippen LogP contribution is 2.25. The second kappa shape index (κ2) is 9.38. The van der Waals surface area contributed by atoms with Gasteiger partial charge in [0.2, 0.25) is 5.91 Å². The molecule has 1 atom stereocenters. The topological polar surface area (TPSA) is 91.6 Å². The van der Waals surface area contributed by atoms with Crippen LogP contribution in [0.5, 0.6) is 0 Å². The lowest BCUT2D eigenvalue weighted by Crippen LogP contribution is -2.51. The summed E-state index contributed by atoms with van der Waals surface area (Å²) in [6.45, 7) is 5.46. The predicted octanol–water partition coefficient (Wildman–Crippen LogP) is 2.01. The van der Waals surface area contributed by atoms with Gasteiger partial charge >= 0.3 is 0 Å². The molecule has 8 nitrogen and oxygen atoms in total. The molecule has 4 rings (SSSR count). The average molecular weight is 412 g/mol. The summed E-state index contributed by atoms with van der Waals surface area (Å²) >= 11 is 0. The van der Waals surface area contributed by atoms with Gasteiger partial charge in [-0.3, -0.25) is 19.5 Å². The van der Waals surface area contributed by atoms with E-state index in [2.05, 4.69) is 20.2 Å². The van der Waals surface area contributed by atoms with Crippen LogP contribution in [0.4, 0.5) is 0 Å². The number of likely N-dealkylation sites (tertiary alicyclic amines) is 2. The Bertz CT molecular complexity index is 861. The lowest BCUT2D eigenvalue weighted by atomic mass is 9.93. The summed E-state index contributed by atoms with van der Waals surface area (Å²) in [7, 11) is 0. The molecule has 1 N–H and O–H groups in total. The van der Waals surface area contributed by atoms with E-state index in [1.54, 1.807) is 13.1 Å². The number of oxazole rings is 1. The fraction of sp³-hybridized carbons (Fsp3) is 0.545. The number of carbonyl (C=O) groups excluding carboxylic acids is 2. The predicted molar refractivity (Wildman–Crippen MR) is 111 cm³/mol. The first-order valence-electron chi connectivity index (χ1n) is 10.7. The molecule has 2 aromatic heterocycles. The quantitative estimate of drug-likeness (QED) is 0.809. The number of pyridine rings is 1. The summed E-state index contributed by atoms with van der Waals surface area (Å²) in [6, 6.07) is 6.13. The number of aryl methyl sites for hydroxylation is 1. The minimum atomic E-state index is -0.0508. The van der Waals surface area contributed by atoms with Crippen molar-refractivity contribution in [3.63, 3.8) is 0 Å². The first-order chi connectivity index (χ1) is 14.6. The lowest BCUT2D eigenvalue weighted by Gasteiger charge is -2.41. The molecule has 2 aliphatic heterocycles. The van der Waals surface area contributed by atoms with Crippen LogP contribution in [0.15, 0.2) is 35.2 Å². The van der Waals surface area contributed by atoms with Gasteiger partial charge in [-0.25, -0.2) is 4.98 Å². The van der Waals surface area contributed by atoms with Gasteiger partial charge < -0.3 is 14.6 Å². The van der Waals surface area contributed by atoms with Crippen LogP contribution < -0.4 is 5.32 Å². The standard InChI is InChI=1S/C22H29N5O3/c1-16-20(25-15-30-16)22(29)26-11-7-19(8-12-26)27-10-4-5-17(14-27)21(28)24-13-18-6-2-3-9-23-18/h2-3,6,9,15,17,19H,4-5,7-8,10-14H2,1H3,(H,24,28). The van der Waals surface area contributed by atoms with E-state index >= 15 is 0 Å². The van der Waals surface area contributed by atoms with Crippen molar-refractivity contribution < 1.29 is 14.0 Å². The number of amides is 2. The number of piperidine rings is 2. The zero-order valence-electron chi connectivity index (χ0n) is 17.4. The molecule has 30 heavy (non-hydrogen) atoms. The molecular formula is C22H29N5O3. The highest BCUT2D eigenvalue weighted by atomic mass is 16.3. The van der Waals surface area contributed by atoms with Crippen LogP contribution in [-0.4, -0.2) is 63.8 Å². The van der Waals surface area contributed by atoms with Gasteiger partial charge in [0.25, 0.3) is 5.91 Å². The normalized spacial score (nSPS) is 20.8. The molecule has 160 valence electrons. The smallest absolute Gasteiger partial charge is 0.276 e. The Morgan fingerprint density at radius 1 is 1.17 bits per heavy atom. The number of aromatic nitrogens is 2. The molecule has 4 heterocycles. The van der Waals surface area contributed by atoms with Crippen LogP contribution in [-0.2, 0) is 11.3 Å². The minimum Gasteiger partial charge on any atom is -0.448 e. The van der Waals surface area contributed by atoms with E-state index in [0.29, 0.717) is 37.1 Å². The van der Waals surface area contributed by atoms with Gasteiger partial charge in [-0.05, 0) is 51.3 Å². The maximum atomic E-state index is 12.7. The van der Waals surface area contributed by atoms with E-state index in [9.17, 15) is 9.59 Å². The maximum absolute atomic E-state index is 12.7. The Kier molecular flexibility index (Phi) is 6.42. The first kappa shape index (κ1) is 20.5. The largest absolute Gasteiger partial charge is 0.448 e. The SMILES string of the molecule is Cc1ocnc1C(=O)N1CCC(N2CCCC(C(=O)NCc3ccccn3)C2)CC1. The molecule has 1 unspecified atom stereocenters. The van der Waals surface area contributed by atoms with Gasteiger partial charge in [0.05, 0.1) is 18.2 Å². The van der Waals surface area contributed by atoms with Crippen molar-refractivity contribution in [2.75, 3.05) is 26.2 Å². The summed E-state index contributed by atoms with van der Waals surface area (Å²) in [5, 5.41) is 3.04. The molecule has 0 aliphatic carbocycles. The fourth-order valence-corrected chi connectivity index (χ4v) is 4.47. The Morgan fingerprint density at radius 2 is 2.00 bits per heavy atom. The molecular weight excluding hydrogens is 382 g/mol. The van der Waals surface area contributed by atoms with Crippen LogP contribution in [0.1, 0.15) is 47.6 Å². The van der Waals surface area contributed by atoms with Gasteiger partial charge in [0.15, 0.2) is 12.1 Å². The van der Waals surface area contributed by atoms with Gasteiger partial charge in [-0.15, -0.1) is 0 Å². The number of nitrogens with zero attached hydrogens (tertiary/aromatic N) is 4. The summed E-state index contributed by atoms with van der Waals surface area (Å²) in [4.78, 5) is 37.9. The second-order valence-corrected chi connectivity index (χ2v) is 8.15. The third kappa shape index (κ3) is 4.70. The Labute approximate surface area is 176 Å². The van der Waals surface area contributed by atoms with Crippen molar-refractivity contribution in [2.24, 2.45) is 5.92 Å². The maximum Gasteiger partial charge on any atom is 0.276 e. The van der Waals surface area contributed by atoms with Crippen LogP contribution in [0, 0.1) is 12.8 Å². The monoisotopic (exact) mass is 411 g/mol. The van der Waals surface area contributed by atoms with E-state index in [4.69, 9.17) is 4.42 Å². The van der Waals surface area contributed by atoms with E-state index in [1.807, 2.05) is 23.1 Å². The number of nitrogens with one attached hydrogen (secondary N) is 1. The summed E-state index contributed by atoms with van der Waals surface area (Å²) < 4.78 is 5.17.